The first kappa shape index (κ1) is 12.6. The van der Waals surface area contributed by atoms with Crippen molar-refractivity contribution in [3.05, 3.63) is 12.1 Å². The highest BCUT2D eigenvalue weighted by Crippen LogP contribution is 1.93. The molecule has 0 spiro atoms. The van der Waals surface area contributed by atoms with Gasteiger partial charge in [-0.3, -0.25) is 0 Å². The van der Waals surface area contributed by atoms with Gasteiger partial charge in [-0.15, -0.1) is 0 Å². The molecule has 0 aromatic heterocycles. The van der Waals surface area contributed by atoms with Gasteiger partial charge in [0.05, 0.1) is 28.1 Å². The quantitative estimate of drug-likeness (QED) is 0.225. The number of carboxylic acids is 2. The van der Waals surface area contributed by atoms with Crippen LogP contribution < -0.4 is 5.73 Å². The maximum Gasteiger partial charge on any atom is 0.328 e. The van der Waals surface area contributed by atoms with E-state index in [4.69, 9.17) is 34.0 Å². The fraction of sp³-hybridized carbons (Fsp3) is 0.500. The summed E-state index contributed by atoms with van der Waals surface area (Å²) in [5, 5.41) is 41.0. The molecule has 0 rings (SSSR count). The summed E-state index contributed by atoms with van der Waals surface area (Å²) in [6.07, 6.45) is 0. The number of hydrogen-bond donors (Lipinski definition) is 6. The van der Waals surface area contributed by atoms with E-state index < -0.39 is 49.4 Å². The minimum absolute atomic E-state index is 0.403. The van der Waals surface area contributed by atoms with Crippen LogP contribution in [0.3, 0.4) is 0 Å². The van der Waals surface area contributed by atoms with E-state index in [1.807, 2.05) is 0 Å². The van der Waals surface area contributed by atoms with E-state index in [2.05, 4.69) is 0 Å². The molecular weight excluding hydrogens is 224 g/mol. The van der Waals surface area contributed by atoms with Crippen molar-refractivity contribution in [2.45, 2.75) is 5.54 Å². The third-order valence-corrected chi connectivity index (χ3v) is 1.22. The molecule has 0 atom stereocenters. The van der Waals surface area contributed by atoms with E-state index in [-0.39, 0.29) is 0 Å². The van der Waals surface area contributed by atoms with Crippen molar-refractivity contribution >= 4 is 11.9 Å². The zero-order valence-electron chi connectivity index (χ0n) is 10.3. The lowest BCUT2D eigenvalue weighted by atomic mass is 10.1. The van der Waals surface area contributed by atoms with Gasteiger partial charge in [-0.2, -0.15) is 0 Å². The highest BCUT2D eigenvalue weighted by Gasteiger charge is 2.20. The SMILES string of the molecule is NC(CO)(CO)CO.[2H]/C(=C(/[2H])[13C](=O)O)[13C](=O)O. The largest absolute Gasteiger partial charge is 0.478 e. The molecule has 0 unspecified atom stereocenters. The van der Waals surface area contributed by atoms with E-state index in [0.29, 0.717) is 0 Å². The Balaban J connectivity index is 0. The molecule has 16 heavy (non-hydrogen) atoms. The molecule has 0 saturated carbocycles. The summed E-state index contributed by atoms with van der Waals surface area (Å²) in [7, 11) is 0. The van der Waals surface area contributed by atoms with Crippen LogP contribution in [0.2, 0.25) is 0 Å². The molecule has 7 N–H and O–H groups in total. The van der Waals surface area contributed by atoms with Crippen molar-refractivity contribution in [3.63, 3.8) is 0 Å². The molecule has 0 aromatic carbocycles. The third-order valence-electron chi connectivity index (χ3n) is 1.22. The molecular formula is C8H15NO7. The topological polar surface area (TPSA) is 161 Å². The number of rotatable bonds is 5. The third kappa shape index (κ3) is 10.6. The van der Waals surface area contributed by atoms with Gasteiger partial charge in [-0.1, -0.05) is 0 Å². The highest BCUT2D eigenvalue weighted by atomic mass is 16.5. The number of aliphatic hydroxyl groups excluding tert-OH is 3. The van der Waals surface area contributed by atoms with Gasteiger partial charge >= 0.3 is 11.9 Å². The van der Waals surface area contributed by atoms with Crippen LogP contribution in [0.1, 0.15) is 2.74 Å². The first-order valence-corrected chi connectivity index (χ1v) is 3.90. The molecule has 0 heterocycles. The van der Waals surface area contributed by atoms with Gasteiger partial charge in [0.1, 0.15) is 0 Å². The zero-order chi connectivity index (χ0) is 14.9. The minimum Gasteiger partial charge on any atom is -0.478 e. The predicted octanol–water partition coefficient (Wildman–Crippen LogP) is -2.63. The van der Waals surface area contributed by atoms with Gasteiger partial charge in [0, 0.05) is 12.1 Å². The van der Waals surface area contributed by atoms with Crippen molar-refractivity contribution in [1.82, 2.24) is 0 Å². The second-order valence-corrected chi connectivity index (χ2v) is 2.70. The van der Waals surface area contributed by atoms with E-state index in [9.17, 15) is 9.59 Å². The van der Waals surface area contributed by atoms with Crippen LogP contribution in [-0.4, -0.2) is 62.8 Å². The van der Waals surface area contributed by atoms with Crippen LogP contribution in [0.15, 0.2) is 12.1 Å². The summed E-state index contributed by atoms with van der Waals surface area (Å²) in [5.74, 6) is -3.43. The van der Waals surface area contributed by atoms with Crippen molar-refractivity contribution < 1.29 is 37.9 Å². The summed E-state index contributed by atoms with van der Waals surface area (Å²) in [5.41, 5.74) is 3.94. The van der Waals surface area contributed by atoms with Crippen molar-refractivity contribution in [2.24, 2.45) is 5.73 Å². The fourth-order valence-corrected chi connectivity index (χ4v) is 0.257. The average molecular weight is 241 g/mol. The predicted molar refractivity (Wildman–Crippen MR) is 52.6 cm³/mol. The Morgan fingerprint density at radius 1 is 1.06 bits per heavy atom. The van der Waals surface area contributed by atoms with Gasteiger partial charge in [0.15, 0.2) is 0 Å². The molecule has 0 bridgehead atoms. The second-order valence-electron chi connectivity index (χ2n) is 2.70. The normalized spacial score (nSPS) is 13.8. The second kappa shape index (κ2) is 8.80. The smallest absolute Gasteiger partial charge is 0.328 e. The summed E-state index contributed by atoms with van der Waals surface area (Å²) >= 11 is 0. The number of hydrogen-bond acceptors (Lipinski definition) is 6. The Kier molecular flexibility index (Phi) is 6.92. The molecule has 0 aromatic rings. The maximum atomic E-state index is 9.82. The van der Waals surface area contributed by atoms with Crippen LogP contribution in [-0.2, 0) is 9.59 Å². The lowest BCUT2D eigenvalue weighted by Crippen LogP contribution is -2.50. The molecule has 0 fully saturated rings. The first-order valence-electron chi connectivity index (χ1n) is 4.90. The molecule has 0 aliphatic heterocycles. The van der Waals surface area contributed by atoms with E-state index in [0.717, 1.165) is 0 Å². The summed E-state index contributed by atoms with van der Waals surface area (Å²) in [6.45, 7) is -1.21. The monoisotopic (exact) mass is 241 g/mol. The molecule has 0 aliphatic carbocycles. The van der Waals surface area contributed by atoms with Gasteiger partial charge < -0.3 is 31.3 Å². The van der Waals surface area contributed by atoms with E-state index in [1.54, 1.807) is 0 Å². The Hall–Kier alpha value is -1.48. The Morgan fingerprint density at radius 2 is 1.31 bits per heavy atom. The number of carboxylic acid groups (broad SMARTS) is 2. The Morgan fingerprint density at radius 3 is 1.38 bits per heavy atom. The van der Waals surface area contributed by atoms with Crippen LogP contribution in [0.4, 0.5) is 0 Å². The number of carbonyl (C=O) groups is 2. The van der Waals surface area contributed by atoms with Gasteiger partial charge in [0.25, 0.3) is 0 Å². The number of nitrogens with two attached hydrogens (primary N) is 1. The lowest BCUT2D eigenvalue weighted by Gasteiger charge is -2.20. The van der Waals surface area contributed by atoms with Gasteiger partial charge in [-0.05, 0) is 0 Å². The molecule has 0 radical (unpaired) electrons. The van der Waals surface area contributed by atoms with Crippen LogP contribution >= 0.6 is 0 Å². The van der Waals surface area contributed by atoms with Gasteiger partial charge in [0.2, 0.25) is 0 Å². The Labute approximate surface area is 94.1 Å². The van der Waals surface area contributed by atoms with Crippen molar-refractivity contribution in [2.75, 3.05) is 19.8 Å². The van der Waals surface area contributed by atoms with E-state index in [1.165, 1.54) is 0 Å². The molecule has 0 amide bonds. The number of aliphatic hydroxyl groups is 3. The van der Waals surface area contributed by atoms with Crippen molar-refractivity contribution in [3.8, 4) is 0 Å². The van der Waals surface area contributed by atoms with E-state index >= 15 is 0 Å². The van der Waals surface area contributed by atoms with Gasteiger partial charge in [-0.25, -0.2) is 9.59 Å². The zero-order valence-corrected chi connectivity index (χ0v) is 8.25. The Bertz CT molecular complexity index is 297. The molecule has 0 saturated heterocycles. The first-order chi connectivity index (χ1) is 8.15. The van der Waals surface area contributed by atoms with Crippen LogP contribution in [0.5, 0.6) is 0 Å². The van der Waals surface area contributed by atoms with Crippen LogP contribution in [0, 0.1) is 0 Å². The fourth-order valence-electron chi connectivity index (χ4n) is 0.257. The highest BCUT2D eigenvalue weighted by molar-refractivity contribution is 5.89. The van der Waals surface area contributed by atoms with Crippen molar-refractivity contribution in [1.29, 1.82) is 0 Å². The molecule has 8 heteroatoms. The van der Waals surface area contributed by atoms with Crippen LogP contribution in [0.25, 0.3) is 0 Å². The summed E-state index contributed by atoms with van der Waals surface area (Å²) in [6, 6.07) is -2.43. The standard InChI is InChI=1S/C4H11NO3.C4H4O4/c5-4(1-6,2-7)3-8;5-3(6)1-2-4(7)8/h6-8H,1-3,5H2;1-2H,(H,5,6)(H,7,8)/b;2-1+/i;1D,2D,3+1,4+1. The minimum atomic E-state index is -1.72. The lowest BCUT2D eigenvalue weighted by molar-refractivity contribution is -0.134. The molecule has 0 aliphatic rings. The molecule has 94 valence electrons. The summed E-state index contributed by atoms with van der Waals surface area (Å²) < 4.78 is 12.9. The number of aliphatic carboxylic acids is 2. The average Bonchev–Trinajstić information content (AvgIpc) is 2.36. The molecule has 8 nitrogen and oxygen atoms in total. The summed E-state index contributed by atoms with van der Waals surface area (Å²) in [4.78, 5) is 19.6. The maximum absolute atomic E-state index is 9.82.